The minimum Gasteiger partial charge on any atom is -0.363 e. The number of sulfonamides is 1. The van der Waals surface area contributed by atoms with E-state index < -0.39 is 10.0 Å². The average Bonchev–Trinajstić information content (AvgIpc) is 3.45. The second kappa shape index (κ2) is 9.42. The summed E-state index contributed by atoms with van der Waals surface area (Å²) in [5, 5.41) is 9.26. The molecule has 1 atom stereocenters. The van der Waals surface area contributed by atoms with Gasteiger partial charge in [-0.1, -0.05) is 19.0 Å². The second-order valence-corrected chi connectivity index (χ2v) is 11.7. The minimum atomic E-state index is -3.73. The van der Waals surface area contributed by atoms with E-state index in [4.69, 9.17) is 4.52 Å². The van der Waals surface area contributed by atoms with Crippen LogP contribution in [0.3, 0.4) is 0 Å². The van der Waals surface area contributed by atoms with Crippen molar-refractivity contribution in [1.82, 2.24) is 24.1 Å². The summed E-state index contributed by atoms with van der Waals surface area (Å²) in [5.74, 6) is 0.137. The summed E-state index contributed by atoms with van der Waals surface area (Å²) in [6.07, 6.45) is 3.01. The molecule has 8 nitrogen and oxygen atoms in total. The molecule has 0 N–H and O–H groups in total. The van der Waals surface area contributed by atoms with Crippen LogP contribution in [0.2, 0.25) is 0 Å². The van der Waals surface area contributed by atoms with Crippen LogP contribution in [0.5, 0.6) is 0 Å². The van der Waals surface area contributed by atoms with E-state index in [1.54, 1.807) is 34.2 Å². The van der Waals surface area contributed by atoms with E-state index in [2.05, 4.69) is 41.1 Å². The molecular formula is C26H30FN5O3S. The molecule has 1 aliphatic heterocycles. The molecule has 2 aromatic heterocycles. The van der Waals surface area contributed by atoms with Gasteiger partial charge in [-0.15, -0.1) is 0 Å². The van der Waals surface area contributed by atoms with Crippen LogP contribution >= 0.6 is 0 Å². The highest BCUT2D eigenvalue weighted by Crippen LogP contribution is 2.34. The summed E-state index contributed by atoms with van der Waals surface area (Å²) in [5.41, 5.74) is 4.17. The first-order valence-electron chi connectivity index (χ1n) is 12.0. The molecule has 5 rings (SSSR count). The fourth-order valence-corrected chi connectivity index (χ4v) is 6.52. The van der Waals surface area contributed by atoms with Crippen LogP contribution in [0.1, 0.15) is 36.7 Å². The molecule has 0 aliphatic carbocycles. The number of benzene rings is 2. The highest BCUT2D eigenvalue weighted by molar-refractivity contribution is 7.89. The third-order valence-corrected chi connectivity index (χ3v) is 8.72. The van der Waals surface area contributed by atoms with Crippen LogP contribution in [0.25, 0.3) is 16.6 Å². The number of piperazine rings is 1. The Morgan fingerprint density at radius 3 is 2.56 bits per heavy atom. The van der Waals surface area contributed by atoms with Crippen LogP contribution in [0.15, 0.2) is 58.3 Å². The summed E-state index contributed by atoms with van der Waals surface area (Å²) in [6, 6.07) is 10.3. The maximum absolute atomic E-state index is 13.4. The van der Waals surface area contributed by atoms with Crippen molar-refractivity contribution in [1.29, 1.82) is 0 Å². The molecule has 3 heterocycles. The Morgan fingerprint density at radius 2 is 1.89 bits per heavy atom. The Morgan fingerprint density at radius 1 is 1.14 bits per heavy atom. The smallest absolute Gasteiger partial charge is 0.248 e. The largest absolute Gasteiger partial charge is 0.363 e. The Bertz CT molecular complexity index is 1490. The van der Waals surface area contributed by atoms with Gasteiger partial charge in [0.15, 0.2) is 0 Å². The summed E-state index contributed by atoms with van der Waals surface area (Å²) < 4.78 is 48.5. The molecule has 1 aliphatic rings. The summed E-state index contributed by atoms with van der Waals surface area (Å²) in [4.78, 5) is 2.49. The van der Waals surface area contributed by atoms with E-state index in [0.29, 0.717) is 31.2 Å². The molecule has 0 amide bonds. The number of aromatic nitrogens is 3. The van der Waals surface area contributed by atoms with Crippen molar-refractivity contribution >= 4 is 20.9 Å². The van der Waals surface area contributed by atoms with Crippen LogP contribution < -0.4 is 0 Å². The Balaban J connectivity index is 1.54. The van der Waals surface area contributed by atoms with E-state index >= 15 is 0 Å². The van der Waals surface area contributed by atoms with Gasteiger partial charge < -0.3 is 4.52 Å². The van der Waals surface area contributed by atoms with Gasteiger partial charge in [0, 0.05) is 37.6 Å². The SMILES string of the molecule is Cc1cc2c(cnn2-c2ccc(F)cc2)cc1C1CN(S(=O)(=O)c2conc2C)CCN1CC(C)C. The fraction of sp³-hybridized carbons (Fsp3) is 0.385. The van der Waals surface area contributed by atoms with Crippen LogP contribution in [0, 0.1) is 25.6 Å². The zero-order valence-corrected chi connectivity index (χ0v) is 21.7. The van der Waals surface area contributed by atoms with E-state index in [-0.39, 0.29) is 16.8 Å². The molecule has 0 saturated carbocycles. The summed E-state index contributed by atoms with van der Waals surface area (Å²) >= 11 is 0. The van der Waals surface area contributed by atoms with Gasteiger partial charge in [0.1, 0.15) is 22.7 Å². The molecule has 1 saturated heterocycles. The van der Waals surface area contributed by atoms with Gasteiger partial charge in [-0.25, -0.2) is 17.5 Å². The lowest BCUT2D eigenvalue weighted by molar-refractivity contribution is 0.105. The zero-order valence-electron chi connectivity index (χ0n) is 20.8. The van der Waals surface area contributed by atoms with Crippen LogP contribution in [0.4, 0.5) is 4.39 Å². The number of aryl methyl sites for hydroxylation is 2. The zero-order chi connectivity index (χ0) is 25.6. The van der Waals surface area contributed by atoms with Crippen molar-refractivity contribution in [2.24, 2.45) is 5.92 Å². The molecule has 0 bridgehead atoms. The first-order valence-corrected chi connectivity index (χ1v) is 13.5. The first-order chi connectivity index (χ1) is 17.1. The first kappa shape index (κ1) is 24.6. The van der Waals surface area contributed by atoms with Gasteiger partial charge in [0.25, 0.3) is 0 Å². The number of hydrogen-bond donors (Lipinski definition) is 0. The minimum absolute atomic E-state index is 0.116. The van der Waals surface area contributed by atoms with Crippen LogP contribution in [-0.4, -0.2) is 58.7 Å². The highest BCUT2D eigenvalue weighted by atomic mass is 32.2. The van der Waals surface area contributed by atoms with Gasteiger partial charge >= 0.3 is 0 Å². The lowest BCUT2D eigenvalue weighted by Crippen LogP contribution is -2.51. The molecule has 0 radical (unpaired) electrons. The van der Waals surface area contributed by atoms with Gasteiger partial charge in [0.2, 0.25) is 10.0 Å². The summed E-state index contributed by atoms with van der Waals surface area (Å²) in [7, 11) is -3.73. The van der Waals surface area contributed by atoms with Gasteiger partial charge in [-0.2, -0.15) is 9.40 Å². The Hall–Kier alpha value is -3.08. The predicted octanol–water partition coefficient (Wildman–Crippen LogP) is 4.47. The number of nitrogens with zero attached hydrogens (tertiary/aromatic N) is 5. The van der Waals surface area contributed by atoms with E-state index in [9.17, 15) is 12.8 Å². The van der Waals surface area contributed by atoms with Gasteiger partial charge in [-0.05, 0) is 67.3 Å². The molecule has 10 heteroatoms. The van der Waals surface area contributed by atoms with Crippen molar-refractivity contribution in [2.75, 3.05) is 26.2 Å². The second-order valence-electron chi connectivity index (χ2n) is 9.83. The van der Waals surface area contributed by atoms with Crippen molar-refractivity contribution < 1.29 is 17.3 Å². The monoisotopic (exact) mass is 511 g/mol. The number of fused-ring (bicyclic) bond motifs is 1. The van der Waals surface area contributed by atoms with Crippen molar-refractivity contribution in [3.63, 3.8) is 0 Å². The topological polar surface area (TPSA) is 84.5 Å². The Kier molecular flexibility index (Phi) is 6.44. The van der Waals surface area contributed by atoms with Crippen molar-refractivity contribution in [2.45, 2.75) is 38.6 Å². The maximum atomic E-state index is 13.4. The predicted molar refractivity (Wildman–Crippen MR) is 135 cm³/mol. The summed E-state index contributed by atoms with van der Waals surface area (Å²) in [6.45, 7) is 10.2. The number of halogens is 1. The lowest BCUT2D eigenvalue weighted by Gasteiger charge is -2.42. The number of rotatable bonds is 6. The normalized spacial score (nSPS) is 17.9. The third-order valence-electron chi connectivity index (χ3n) is 6.76. The molecule has 4 aromatic rings. The van der Waals surface area contributed by atoms with E-state index in [1.165, 1.54) is 18.4 Å². The third kappa shape index (κ3) is 4.44. The molecular weight excluding hydrogens is 481 g/mol. The van der Waals surface area contributed by atoms with E-state index in [0.717, 1.165) is 34.3 Å². The van der Waals surface area contributed by atoms with Crippen LogP contribution in [-0.2, 0) is 10.0 Å². The van der Waals surface area contributed by atoms with Crippen molar-refractivity contribution in [3.05, 3.63) is 71.5 Å². The number of hydrogen-bond acceptors (Lipinski definition) is 6. The maximum Gasteiger partial charge on any atom is 0.248 e. The molecule has 190 valence electrons. The van der Waals surface area contributed by atoms with Gasteiger partial charge in [0.05, 0.1) is 17.4 Å². The Labute approximate surface area is 210 Å². The average molecular weight is 512 g/mol. The molecule has 1 fully saturated rings. The van der Waals surface area contributed by atoms with Gasteiger partial charge in [-0.3, -0.25) is 4.90 Å². The quantitative estimate of drug-likeness (QED) is 0.380. The highest BCUT2D eigenvalue weighted by Gasteiger charge is 2.37. The molecule has 0 spiro atoms. The standard InChI is InChI=1S/C26H30FN5O3S/c1-17(2)14-30-9-10-31(36(33,34)26-16-35-29-19(26)4)15-25(30)23-12-20-13-28-32(24(20)11-18(23)3)22-7-5-21(27)6-8-22/h5-8,11-13,16-17,25H,9-10,14-15H2,1-4H3. The van der Waals surface area contributed by atoms with E-state index in [1.807, 2.05) is 6.92 Å². The molecule has 1 unspecified atom stereocenters. The fourth-order valence-electron chi connectivity index (χ4n) is 5.01. The molecule has 36 heavy (non-hydrogen) atoms. The van der Waals surface area contributed by atoms with Crippen molar-refractivity contribution in [3.8, 4) is 5.69 Å². The lowest BCUT2D eigenvalue weighted by atomic mass is 9.96. The molecule has 2 aromatic carbocycles.